The van der Waals surface area contributed by atoms with Crippen molar-refractivity contribution in [2.24, 2.45) is 0 Å². The molecule has 0 bridgehead atoms. The van der Waals surface area contributed by atoms with Crippen LogP contribution in [-0.2, 0) is 9.59 Å². The van der Waals surface area contributed by atoms with E-state index in [1.807, 2.05) is 37.4 Å². The van der Waals surface area contributed by atoms with Gasteiger partial charge in [0.15, 0.2) is 16.6 Å². The minimum Gasteiger partial charge on any atom is -0.493 e. The van der Waals surface area contributed by atoms with Gasteiger partial charge in [0.05, 0.1) is 26.0 Å². The summed E-state index contributed by atoms with van der Waals surface area (Å²) in [7, 11) is 1.60. The molecule has 144 valence electrons. The second-order valence-electron chi connectivity index (χ2n) is 6.36. The van der Waals surface area contributed by atoms with Crippen molar-refractivity contribution in [1.82, 2.24) is 9.88 Å². The molecule has 2 amide bonds. The molecule has 1 saturated heterocycles. The monoisotopic (exact) mass is 389 g/mol. The van der Waals surface area contributed by atoms with Gasteiger partial charge in [0, 0.05) is 24.3 Å². The number of benzene rings is 1. The fraction of sp³-hybridized carbons (Fsp3) is 0.421. The third kappa shape index (κ3) is 4.57. The molecule has 0 unspecified atom stereocenters. The molecule has 1 N–H and O–H groups in total. The Balaban J connectivity index is 1.64. The largest absolute Gasteiger partial charge is 0.493 e. The number of ether oxygens (including phenoxy) is 2. The smallest absolute Gasteiger partial charge is 0.245 e. The van der Waals surface area contributed by atoms with Crippen molar-refractivity contribution in [3.8, 4) is 11.5 Å². The van der Waals surface area contributed by atoms with Crippen molar-refractivity contribution in [1.29, 1.82) is 0 Å². The lowest BCUT2D eigenvalue weighted by Gasteiger charge is -2.17. The van der Waals surface area contributed by atoms with Crippen molar-refractivity contribution in [3.63, 3.8) is 0 Å². The highest BCUT2D eigenvalue weighted by molar-refractivity contribution is 7.13. The third-order valence-electron chi connectivity index (χ3n) is 4.37. The molecule has 1 fully saturated rings. The Morgan fingerprint density at radius 3 is 2.89 bits per heavy atom. The Labute approximate surface area is 162 Å². The van der Waals surface area contributed by atoms with E-state index in [0.717, 1.165) is 11.3 Å². The van der Waals surface area contributed by atoms with E-state index in [2.05, 4.69) is 10.3 Å². The molecule has 7 nitrogen and oxygen atoms in total. The molecule has 2 heterocycles. The molecule has 0 saturated carbocycles. The van der Waals surface area contributed by atoms with Crippen LogP contribution in [0, 0.1) is 6.92 Å². The first-order chi connectivity index (χ1) is 13.0. The highest BCUT2D eigenvalue weighted by Gasteiger charge is 2.32. The Hall–Kier alpha value is -2.61. The lowest BCUT2D eigenvalue weighted by Crippen LogP contribution is -2.34. The van der Waals surface area contributed by atoms with Crippen LogP contribution in [0.3, 0.4) is 0 Å². The fourth-order valence-corrected chi connectivity index (χ4v) is 3.81. The number of rotatable bonds is 7. The van der Waals surface area contributed by atoms with Crippen LogP contribution in [0.4, 0.5) is 5.13 Å². The maximum absolute atomic E-state index is 12.4. The van der Waals surface area contributed by atoms with E-state index in [0.29, 0.717) is 36.2 Å². The standard InChI is InChI=1S/C19H23N3O4S/c1-4-26-16-7-13(5-6-15(16)25-3)14-8-18(24)22(9-14)10-17(23)21-19-20-12(2)11-27-19/h5-7,11,14H,4,8-10H2,1-3H3,(H,20,21,23)/t14-/m1/s1. The zero-order valence-corrected chi connectivity index (χ0v) is 16.5. The number of hydrogen-bond acceptors (Lipinski definition) is 6. The number of amides is 2. The van der Waals surface area contributed by atoms with Crippen LogP contribution in [0.2, 0.25) is 0 Å². The van der Waals surface area contributed by atoms with Crippen LogP contribution in [0.15, 0.2) is 23.6 Å². The zero-order chi connectivity index (χ0) is 19.4. The Bertz CT molecular complexity index is 836. The predicted molar refractivity (Wildman–Crippen MR) is 104 cm³/mol. The molecular weight excluding hydrogens is 366 g/mol. The molecule has 27 heavy (non-hydrogen) atoms. The number of likely N-dealkylation sites (tertiary alicyclic amines) is 1. The minimum absolute atomic E-state index is 0.0255. The number of methoxy groups -OCH3 is 1. The van der Waals surface area contributed by atoms with Gasteiger partial charge in [-0.2, -0.15) is 0 Å². The number of nitrogens with zero attached hydrogens (tertiary/aromatic N) is 2. The van der Waals surface area contributed by atoms with Gasteiger partial charge in [-0.25, -0.2) is 4.98 Å². The van der Waals surface area contributed by atoms with E-state index in [9.17, 15) is 9.59 Å². The summed E-state index contributed by atoms with van der Waals surface area (Å²) < 4.78 is 10.9. The SMILES string of the molecule is CCOc1cc([C@@H]2CC(=O)N(CC(=O)Nc3nc(C)cs3)C2)ccc1OC. The van der Waals surface area contributed by atoms with E-state index in [-0.39, 0.29) is 24.3 Å². The highest BCUT2D eigenvalue weighted by atomic mass is 32.1. The Morgan fingerprint density at radius 1 is 1.41 bits per heavy atom. The van der Waals surface area contributed by atoms with Crippen LogP contribution < -0.4 is 14.8 Å². The average Bonchev–Trinajstić information content (AvgIpc) is 3.21. The summed E-state index contributed by atoms with van der Waals surface area (Å²) in [5.41, 5.74) is 1.86. The maximum atomic E-state index is 12.4. The molecule has 0 aliphatic carbocycles. The summed E-state index contributed by atoms with van der Waals surface area (Å²) in [4.78, 5) is 30.4. The summed E-state index contributed by atoms with van der Waals surface area (Å²) in [6.07, 6.45) is 0.377. The molecule has 3 rings (SSSR count). The average molecular weight is 389 g/mol. The molecule has 1 atom stereocenters. The van der Waals surface area contributed by atoms with Crippen LogP contribution in [-0.4, -0.2) is 48.5 Å². The fourth-order valence-electron chi connectivity index (χ4n) is 3.11. The Morgan fingerprint density at radius 2 is 2.22 bits per heavy atom. The third-order valence-corrected chi connectivity index (χ3v) is 5.25. The number of hydrogen-bond donors (Lipinski definition) is 1. The van der Waals surface area contributed by atoms with Gasteiger partial charge in [-0.15, -0.1) is 11.3 Å². The summed E-state index contributed by atoms with van der Waals surface area (Å²) in [5, 5.41) is 5.16. The van der Waals surface area contributed by atoms with Gasteiger partial charge in [0.25, 0.3) is 0 Å². The number of carbonyl (C=O) groups excluding carboxylic acids is 2. The molecule has 2 aromatic rings. The van der Waals surface area contributed by atoms with E-state index in [4.69, 9.17) is 9.47 Å². The van der Waals surface area contributed by atoms with Crippen LogP contribution >= 0.6 is 11.3 Å². The quantitative estimate of drug-likeness (QED) is 0.788. The lowest BCUT2D eigenvalue weighted by molar-refractivity contribution is -0.131. The summed E-state index contributed by atoms with van der Waals surface area (Å²) >= 11 is 1.37. The van der Waals surface area contributed by atoms with Crippen molar-refractivity contribution in [2.45, 2.75) is 26.2 Å². The number of carbonyl (C=O) groups is 2. The van der Waals surface area contributed by atoms with E-state index in [1.165, 1.54) is 11.3 Å². The van der Waals surface area contributed by atoms with Crippen molar-refractivity contribution in [3.05, 3.63) is 34.8 Å². The summed E-state index contributed by atoms with van der Waals surface area (Å²) in [5.74, 6) is 1.10. The number of anilines is 1. The molecule has 1 aliphatic heterocycles. The van der Waals surface area contributed by atoms with Gasteiger partial charge < -0.3 is 19.7 Å². The summed E-state index contributed by atoms with van der Waals surface area (Å²) in [6, 6.07) is 5.72. The number of nitrogens with one attached hydrogen (secondary N) is 1. The first-order valence-corrected chi connectivity index (χ1v) is 9.68. The second-order valence-corrected chi connectivity index (χ2v) is 7.22. The molecule has 1 aromatic carbocycles. The van der Waals surface area contributed by atoms with Gasteiger partial charge in [0.1, 0.15) is 0 Å². The highest BCUT2D eigenvalue weighted by Crippen LogP contribution is 2.35. The molecule has 0 spiro atoms. The Kier molecular flexibility index (Phi) is 5.95. The first kappa shape index (κ1) is 19.2. The van der Waals surface area contributed by atoms with E-state index in [1.54, 1.807) is 12.0 Å². The molecule has 1 aliphatic rings. The molecule has 1 aromatic heterocycles. The first-order valence-electron chi connectivity index (χ1n) is 8.80. The van der Waals surface area contributed by atoms with Gasteiger partial charge in [-0.3, -0.25) is 9.59 Å². The van der Waals surface area contributed by atoms with Crippen molar-refractivity contribution < 1.29 is 19.1 Å². The normalized spacial score (nSPS) is 16.5. The van der Waals surface area contributed by atoms with Crippen LogP contribution in [0.1, 0.15) is 30.5 Å². The predicted octanol–water partition coefficient (Wildman–Crippen LogP) is 2.81. The minimum atomic E-state index is -0.233. The topological polar surface area (TPSA) is 80.8 Å². The van der Waals surface area contributed by atoms with E-state index < -0.39 is 0 Å². The molecular formula is C19H23N3O4S. The van der Waals surface area contributed by atoms with Crippen molar-refractivity contribution in [2.75, 3.05) is 32.1 Å². The molecule has 8 heteroatoms. The van der Waals surface area contributed by atoms with Crippen LogP contribution in [0.5, 0.6) is 11.5 Å². The number of thiazole rings is 1. The van der Waals surface area contributed by atoms with Gasteiger partial charge in [0.2, 0.25) is 11.8 Å². The lowest BCUT2D eigenvalue weighted by atomic mass is 9.98. The van der Waals surface area contributed by atoms with Gasteiger partial charge >= 0.3 is 0 Å². The zero-order valence-electron chi connectivity index (χ0n) is 15.7. The molecule has 0 radical (unpaired) electrons. The maximum Gasteiger partial charge on any atom is 0.245 e. The van der Waals surface area contributed by atoms with Gasteiger partial charge in [-0.05, 0) is 31.5 Å². The van der Waals surface area contributed by atoms with Crippen LogP contribution in [0.25, 0.3) is 0 Å². The van der Waals surface area contributed by atoms with Gasteiger partial charge in [-0.1, -0.05) is 6.07 Å². The second kappa shape index (κ2) is 8.39. The number of aryl methyl sites for hydroxylation is 1. The van der Waals surface area contributed by atoms with E-state index >= 15 is 0 Å². The van der Waals surface area contributed by atoms with Crippen molar-refractivity contribution >= 4 is 28.3 Å². The number of aromatic nitrogens is 1. The summed E-state index contributed by atoms with van der Waals surface area (Å²) in [6.45, 7) is 4.84.